The van der Waals surface area contributed by atoms with Crippen molar-refractivity contribution in [1.82, 2.24) is 4.57 Å². The van der Waals surface area contributed by atoms with Crippen LogP contribution in [0.25, 0.3) is 10.9 Å². The molecule has 1 heterocycles. The van der Waals surface area contributed by atoms with Gasteiger partial charge in [-0.15, -0.1) is 0 Å². The summed E-state index contributed by atoms with van der Waals surface area (Å²) >= 11 is 6.02. The van der Waals surface area contributed by atoms with Gasteiger partial charge in [0.15, 0.2) is 0 Å². The zero-order valence-electron chi connectivity index (χ0n) is 17.9. The van der Waals surface area contributed by atoms with E-state index in [1.54, 1.807) is 0 Å². The molecular formula is C26H25ClN2O2. The molecular weight excluding hydrogens is 408 g/mol. The molecule has 0 saturated heterocycles. The van der Waals surface area contributed by atoms with Crippen LogP contribution in [0.5, 0.6) is 5.75 Å². The number of aromatic nitrogens is 1. The minimum absolute atomic E-state index is 0.131. The zero-order valence-corrected chi connectivity index (χ0v) is 18.7. The molecule has 0 fully saturated rings. The van der Waals surface area contributed by atoms with E-state index >= 15 is 0 Å². The van der Waals surface area contributed by atoms with Crippen molar-refractivity contribution >= 4 is 34.1 Å². The molecule has 4 nitrogen and oxygen atoms in total. The number of carbonyl (C=O) groups is 1. The molecule has 0 saturated carbocycles. The maximum Gasteiger partial charge on any atom is 0.255 e. The van der Waals surface area contributed by atoms with Crippen LogP contribution in [0.4, 0.5) is 5.69 Å². The maximum atomic E-state index is 12.8. The molecule has 4 rings (SSSR count). The molecule has 4 aromatic rings. The van der Waals surface area contributed by atoms with E-state index in [-0.39, 0.29) is 5.91 Å². The summed E-state index contributed by atoms with van der Waals surface area (Å²) in [6.07, 6.45) is 0. The Labute approximate surface area is 187 Å². The van der Waals surface area contributed by atoms with Crippen LogP contribution in [-0.2, 0) is 6.54 Å². The number of hydrogen-bond donors (Lipinski definition) is 1. The minimum Gasteiger partial charge on any atom is -0.494 e. The number of nitrogens with zero attached hydrogens (tertiary/aromatic N) is 1. The Balaban J connectivity index is 1.59. The van der Waals surface area contributed by atoms with Gasteiger partial charge in [0.25, 0.3) is 5.91 Å². The lowest BCUT2D eigenvalue weighted by Gasteiger charge is -2.10. The third-order valence-electron chi connectivity index (χ3n) is 5.58. The fourth-order valence-corrected chi connectivity index (χ4v) is 3.90. The predicted molar refractivity (Wildman–Crippen MR) is 128 cm³/mol. The van der Waals surface area contributed by atoms with Crippen molar-refractivity contribution in [2.45, 2.75) is 27.3 Å². The Morgan fingerprint density at radius 2 is 1.71 bits per heavy atom. The number of carbonyl (C=O) groups excluding carboxylic acids is 1. The van der Waals surface area contributed by atoms with Gasteiger partial charge in [-0.25, -0.2) is 0 Å². The lowest BCUT2D eigenvalue weighted by molar-refractivity contribution is 0.102. The van der Waals surface area contributed by atoms with Crippen LogP contribution < -0.4 is 10.1 Å². The van der Waals surface area contributed by atoms with E-state index in [1.165, 1.54) is 16.8 Å². The number of anilines is 1. The Kier molecular flexibility index (Phi) is 6.01. The summed E-state index contributed by atoms with van der Waals surface area (Å²) in [4.78, 5) is 12.8. The van der Waals surface area contributed by atoms with E-state index in [9.17, 15) is 4.79 Å². The number of aryl methyl sites for hydroxylation is 1. The summed E-state index contributed by atoms with van der Waals surface area (Å²) in [5.74, 6) is 0.656. The van der Waals surface area contributed by atoms with E-state index in [1.807, 2.05) is 73.7 Å². The number of amides is 1. The van der Waals surface area contributed by atoms with Gasteiger partial charge in [0.05, 0.1) is 6.61 Å². The number of ether oxygens (including phenoxy) is 1. The van der Waals surface area contributed by atoms with Gasteiger partial charge in [-0.05, 0) is 86.5 Å². The molecule has 31 heavy (non-hydrogen) atoms. The van der Waals surface area contributed by atoms with Crippen molar-refractivity contribution in [3.8, 4) is 5.75 Å². The molecule has 0 atom stereocenters. The number of nitrogens with one attached hydrogen (secondary N) is 1. The first-order valence-corrected chi connectivity index (χ1v) is 10.7. The average molecular weight is 433 g/mol. The highest BCUT2D eigenvalue weighted by Crippen LogP contribution is 2.28. The predicted octanol–water partition coefficient (Wildman–Crippen LogP) is 6.61. The first-order chi connectivity index (χ1) is 15.0. The Morgan fingerprint density at radius 1 is 1.00 bits per heavy atom. The topological polar surface area (TPSA) is 43.3 Å². The van der Waals surface area contributed by atoms with Crippen molar-refractivity contribution in [2.24, 2.45) is 0 Å². The quantitative estimate of drug-likeness (QED) is 0.372. The van der Waals surface area contributed by atoms with Crippen LogP contribution in [0.2, 0.25) is 5.02 Å². The monoisotopic (exact) mass is 432 g/mol. The number of hydrogen-bond acceptors (Lipinski definition) is 2. The smallest absolute Gasteiger partial charge is 0.255 e. The van der Waals surface area contributed by atoms with Gasteiger partial charge >= 0.3 is 0 Å². The molecule has 1 aromatic heterocycles. The second kappa shape index (κ2) is 8.86. The van der Waals surface area contributed by atoms with Gasteiger partial charge in [0.1, 0.15) is 5.75 Å². The fourth-order valence-electron chi connectivity index (χ4n) is 3.77. The maximum absolute atomic E-state index is 12.8. The van der Waals surface area contributed by atoms with Gasteiger partial charge in [-0.3, -0.25) is 4.79 Å². The lowest BCUT2D eigenvalue weighted by atomic mass is 10.1. The van der Waals surface area contributed by atoms with Crippen LogP contribution in [-0.4, -0.2) is 17.1 Å². The van der Waals surface area contributed by atoms with E-state index in [0.29, 0.717) is 12.2 Å². The standard InChI is InChI=1S/C26H25ClN2O2/c1-4-31-23-12-10-22(11-13-23)28-26(30)20-7-14-25-24(15-20)17(2)18(3)29(25)16-19-5-8-21(27)9-6-19/h5-15H,4,16H2,1-3H3,(H,28,30). The third kappa shape index (κ3) is 4.44. The summed E-state index contributed by atoms with van der Waals surface area (Å²) in [5.41, 5.74) is 6.04. The zero-order chi connectivity index (χ0) is 22.0. The number of rotatable bonds is 6. The Bertz CT molecular complexity index is 1230. The highest BCUT2D eigenvalue weighted by molar-refractivity contribution is 6.30. The van der Waals surface area contributed by atoms with E-state index in [4.69, 9.17) is 16.3 Å². The second-order valence-corrected chi connectivity index (χ2v) is 8.00. The summed E-state index contributed by atoms with van der Waals surface area (Å²) in [7, 11) is 0. The minimum atomic E-state index is -0.131. The lowest BCUT2D eigenvalue weighted by Crippen LogP contribution is -2.11. The SMILES string of the molecule is CCOc1ccc(NC(=O)c2ccc3c(c2)c(C)c(C)n3Cc2ccc(Cl)cc2)cc1. The first-order valence-electron chi connectivity index (χ1n) is 10.3. The van der Waals surface area contributed by atoms with Crippen molar-refractivity contribution in [3.05, 3.63) is 94.1 Å². The van der Waals surface area contributed by atoms with E-state index in [2.05, 4.69) is 23.7 Å². The summed E-state index contributed by atoms with van der Waals surface area (Å²) in [6.45, 7) is 7.53. The van der Waals surface area contributed by atoms with Gasteiger partial charge < -0.3 is 14.6 Å². The molecule has 0 unspecified atom stereocenters. The molecule has 0 aliphatic rings. The summed E-state index contributed by atoms with van der Waals surface area (Å²) < 4.78 is 7.73. The molecule has 0 spiro atoms. The van der Waals surface area contributed by atoms with E-state index in [0.717, 1.165) is 33.9 Å². The van der Waals surface area contributed by atoms with Gasteiger partial charge in [-0.2, -0.15) is 0 Å². The number of halogens is 1. The van der Waals surface area contributed by atoms with Crippen LogP contribution in [0.3, 0.4) is 0 Å². The molecule has 1 amide bonds. The fraction of sp³-hybridized carbons (Fsp3) is 0.192. The van der Waals surface area contributed by atoms with Crippen LogP contribution >= 0.6 is 11.6 Å². The molecule has 158 valence electrons. The first kappa shape index (κ1) is 21.0. The highest BCUT2D eigenvalue weighted by atomic mass is 35.5. The molecule has 5 heteroatoms. The van der Waals surface area contributed by atoms with Crippen LogP contribution in [0, 0.1) is 13.8 Å². The Hall–Kier alpha value is -3.24. The number of benzene rings is 3. The highest BCUT2D eigenvalue weighted by Gasteiger charge is 2.14. The molecule has 3 aromatic carbocycles. The number of fused-ring (bicyclic) bond motifs is 1. The summed E-state index contributed by atoms with van der Waals surface area (Å²) in [6, 6.07) is 21.2. The Morgan fingerprint density at radius 3 is 2.39 bits per heavy atom. The second-order valence-electron chi connectivity index (χ2n) is 7.57. The van der Waals surface area contributed by atoms with Gasteiger partial charge in [0.2, 0.25) is 0 Å². The largest absolute Gasteiger partial charge is 0.494 e. The van der Waals surface area contributed by atoms with Crippen LogP contribution in [0.1, 0.15) is 34.1 Å². The van der Waals surface area contributed by atoms with Crippen molar-refractivity contribution in [2.75, 3.05) is 11.9 Å². The van der Waals surface area contributed by atoms with Crippen molar-refractivity contribution < 1.29 is 9.53 Å². The molecule has 0 aliphatic heterocycles. The normalized spacial score (nSPS) is 11.0. The van der Waals surface area contributed by atoms with Crippen molar-refractivity contribution in [3.63, 3.8) is 0 Å². The van der Waals surface area contributed by atoms with Crippen molar-refractivity contribution in [1.29, 1.82) is 0 Å². The van der Waals surface area contributed by atoms with E-state index < -0.39 is 0 Å². The van der Waals surface area contributed by atoms with Crippen LogP contribution in [0.15, 0.2) is 66.7 Å². The molecule has 1 N–H and O–H groups in total. The van der Waals surface area contributed by atoms with Gasteiger partial charge in [0, 0.05) is 39.4 Å². The van der Waals surface area contributed by atoms with Gasteiger partial charge in [-0.1, -0.05) is 23.7 Å². The molecule has 0 bridgehead atoms. The molecule has 0 aliphatic carbocycles. The molecule has 0 radical (unpaired) electrons. The summed E-state index contributed by atoms with van der Waals surface area (Å²) in [5, 5.41) is 4.79. The third-order valence-corrected chi connectivity index (χ3v) is 5.83. The average Bonchev–Trinajstić information content (AvgIpc) is 3.01.